The van der Waals surface area contributed by atoms with E-state index in [2.05, 4.69) is 12.2 Å². The molecule has 3 fully saturated rings. The van der Waals surface area contributed by atoms with Crippen LogP contribution < -0.4 is 0 Å². The Labute approximate surface area is 82.1 Å². The van der Waals surface area contributed by atoms with Crippen molar-refractivity contribution in [2.45, 2.75) is 18.8 Å². The minimum Gasteiger partial charge on any atom is -0.343 e. The van der Waals surface area contributed by atoms with Gasteiger partial charge in [-0.15, -0.1) is 0 Å². The number of carbonyl (C=O) groups excluding carboxylic acids is 1. The van der Waals surface area contributed by atoms with Crippen LogP contribution in [-0.2, 0) is 14.3 Å². The summed E-state index contributed by atoms with van der Waals surface area (Å²) in [4.78, 5) is 12.0. The Hall–Kier alpha value is -0.670. The van der Waals surface area contributed by atoms with Crippen LogP contribution in [0.5, 0.6) is 0 Å². The Kier molecular flexibility index (Phi) is 1.24. The molecule has 2 aliphatic carbocycles. The highest BCUT2D eigenvalue weighted by Gasteiger charge is 2.59. The number of rotatable bonds is 0. The quantitative estimate of drug-likeness (QED) is 0.531. The van der Waals surface area contributed by atoms with E-state index in [4.69, 9.17) is 9.47 Å². The number of carbonyl (C=O) groups is 1. The van der Waals surface area contributed by atoms with E-state index in [0.717, 1.165) is 6.42 Å². The Morgan fingerprint density at radius 2 is 2.14 bits per heavy atom. The lowest BCUT2D eigenvalue weighted by molar-refractivity contribution is -0.166. The summed E-state index contributed by atoms with van der Waals surface area (Å²) in [5.74, 6) is 1.86. The minimum atomic E-state index is -0.533. The average molecular weight is 192 g/mol. The van der Waals surface area contributed by atoms with Gasteiger partial charge in [-0.2, -0.15) is 0 Å². The third kappa shape index (κ3) is 0.708. The van der Waals surface area contributed by atoms with Crippen LogP contribution in [0.4, 0.5) is 0 Å². The number of hydrogen-bond donors (Lipinski definition) is 0. The van der Waals surface area contributed by atoms with E-state index >= 15 is 0 Å². The molecule has 0 spiro atoms. The van der Waals surface area contributed by atoms with Crippen molar-refractivity contribution in [1.82, 2.24) is 0 Å². The fourth-order valence-corrected chi connectivity index (χ4v) is 3.70. The lowest BCUT2D eigenvalue weighted by atomic mass is 9.76. The molecule has 3 heteroatoms. The van der Waals surface area contributed by atoms with Gasteiger partial charge in [-0.05, 0) is 18.3 Å². The third-order valence-electron chi connectivity index (χ3n) is 4.22. The summed E-state index contributed by atoms with van der Waals surface area (Å²) >= 11 is 0. The van der Waals surface area contributed by atoms with E-state index in [1.54, 1.807) is 0 Å². The second kappa shape index (κ2) is 2.28. The Balaban J connectivity index is 1.81. The van der Waals surface area contributed by atoms with Crippen LogP contribution >= 0.6 is 0 Å². The van der Waals surface area contributed by atoms with Crippen LogP contribution in [0.2, 0.25) is 0 Å². The molecule has 74 valence electrons. The van der Waals surface area contributed by atoms with Gasteiger partial charge in [0.1, 0.15) is 0 Å². The molecule has 0 aromatic carbocycles. The highest BCUT2D eigenvalue weighted by molar-refractivity contribution is 5.87. The van der Waals surface area contributed by atoms with Gasteiger partial charge in [-0.1, -0.05) is 12.2 Å². The van der Waals surface area contributed by atoms with Gasteiger partial charge in [0.15, 0.2) is 5.78 Å². The first-order valence-electron chi connectivity index (χ1n) is 5.34. The van der Waals surface area contributed by atoms with Gasteiger partial charge < -0.3 is 9.47 Å². The Morgan fingerprint density at radius 1 is 1.29 bits per heavy atom. The molecule has 0 aromatic heterocycles. The van der Waals surface area contributed by atoms with Crippen molar-refractivity contribution in [3.8, 4) is 0 Å². The van der Waals surface area contributed by atoms with Crippen LogP contribution in [0, 0.1) is 23.7 Å². The number of fused-ring (bicyclic) bond motifs is 8. The fraction of sp³-hybridized carbons (Fsp3) is 0.727. The van der Waals surface area contributed by atoms with Crippen molar-refractivity contribution in [2.75, 3.05) is 6.61 Å². The summed E-state index contributed by atoms with van der Waals surface area (Å²) in [6.07, 6.45) is 5.29. The predicted octanol–water partition coefficient (Wildman–Crippen LogP) is 0.749. The molecule has 6 atom stereocenters. The van der Waals surface area contributed by atoms with E-state index in [9.17, 15) is 4.79 Å². The Bertz CT molecular complexity index is 335. The van der Waals surface area contributed by atoms with Gasteiger partial charge in [0, 0.05) is 11.8 Å². The maximum absolute atomic E-state index is 12.0. The number of ketones is 1. The van der Waals surface area contributed by atoms with Gasteiger partial charge in [-0.25, -0.2) is 0 Å². The van der Waals surface area contributed by atoms with Crippen LogP contribution in [0.3, 0.4) is 0 Å². The van der Waals surface area contributed by atoms with Crippen molar-refractivity contribution in [1.29, 1.82) is 0 Å². The predicted molar refractivity (Wildman–Crippen MR) is 47.3 cm³/mol. The largest absolute Gasteiger partial charge is 0.343 e. The van der Waals surface area contributed by atoms with Crippen LogP contribution in [0.25, 0.3) is 0 Å². The molecule has 14 heavy (non-hydrogen) atoms. The fourth-order valence-electron chi connectivity index (χ4n) is 3.70. The van der Waals surface area contributed by atoms with Gasteiger partial charge in [-0.3, -0.25) is 4.79 Å². The molecule has 2 saturated heterocycles. The standard InChI is InChI=1S/C11H12O3/c12-10-9-6-2-1-5(3-6)8(9)7-4-13-11(10)14-7/h1-2,5-9,11H,3-4H2. The van der Waals surface area contributed by atoms with Gasteiger partial charge in [0.25, 0.3) is 0 Å². The highest BCUT2D eigenvalue weighted by Crippen LogP contribution is 2.54. The summed E-state index contributed by atoms with van der Waals surface area (Å²) in [5.41, 5.74) is 0. The first-order chi connectivity index (χ1) is 6.84. The maximum Gasteiger partial charge on any atom is 0.218 e. The summed E-state index contributed by atoms with van der Waals surface area (Å²) < 4.78 is 10.9. The molecule has 3 nitrogen and oxygen atoms in total. The van der Waals surface area contributed by atoms with E-state index in [0.29, 0.717) is 24.4 Å². The van der Waals surface area contributed by atoms with E-state index in [1.165, 1.54) is 0 Å². The molecule has 6 unspecified atom stereocenters. The molecule has 2 heterocycles. The number of Topliss-reactive ketones (excluding diaryl/α,β-unsaturated/α-hetero) is 1. The Morgan fingerprint density at radius 3 is 3.07 bits per heavy atom. The zero-order chi connectivity index (χ0) is 9.28. The molecule has 4 aliphatic rings. The first-order valence-corrected chi connectivity index (χ1v) is 5.34. The lowest BCUT2D eigenvalue weighted by Gasteiger charge is -2.34. The molecule has 1 saturated carbocycles. The van der Waals surface area contributed by atoms with Crippen molar-refractivity contribution >= 4 is 5.78 Å². The monoisotopic (exact) mass is 192 g/mol. The molecule has 4 bridgehead atoms. The van der Waals surface area contributed by atoms with Crippen molar-refractivity contribution in [2.24, 2.45) is 23.7 Å². The summed E-state index contributed by atoms with van der Waals surface area (Å²) in [6.45, 7) is 0.620. The number of hydrogen-bond acceptors (Lipinski definition) is 3. The second-order valence-electron chi connectivity index (χ2n) is 4.79. The second-order valence-corrected chi connectivity index (χ2v) is 4.79. The topological polar surface area (TPSA) is 35.5 Å². The molecule has 4 rings (SSSR count). The van der Waals surface area contributed by atoms with Gasteiger partial charge in [0.2, 0.25) is 6.29 Å². The van der Waals surface area contributed by atoms with Crippen LogP contribution in [-0.4, -0.2) is 24.8 Å². The normalized spacial score (nSPS) is 58.1. The smallest absolute Gasteiger partial charge is 0.218 e. The van der Waals surface area contributed by atoms with E-state index < -0.39 is 6.29 Å². The zero-order valence-electron chi connectivity index (χ0n) is 7.76. The zero-order valence-corrected chi connectivity index (χ0v) is 7.76. The average Bonchev–Trinajstić information content (AvgIpc) is 2.89. The van der Waals surface area contributed by atoms with Crippen molar-refractivity contribution in [3.05, 3.63) is 12.2 Å². The minimum absolute atomic E-state index is 0.183. The van der Waals surface area contributed by atoms with E-state index in [1.807, 2.05) is 0 Å². The third-order valence-corrected chi connectivity index (χ3v) is 4.22. The lowest BCUT2D eigenvalue weighted by Crippen LogP contribution is -2.45. The van der Waals surface area contributed by atoms with Crippen LogP contribution in [0.1, 0.15) is 6.42 Å². The maximum atomic E-state index is 12.0. The molecule has 0 N–H and O–H groups in total. The summed E-state index contributed by atoms with van der Waals surface area (Å²) in [7, 11) is 0. The molecule has 0 radical (unpaired) electrons. The first kappa shape index (κ1) is 7.60. The SMILES string of the molecule is O=C1C2OCC(O2)C2C3C=CC(C3)C12. The summed E-state index contributed by atoms with van der Waals surface area (Å²) in [5, 5.41) is 0. The molecule has 2 aliphatic heterocycles. The number of ether oxygens (including phenoxy) is 2. The van der Waals surface area contributed by atoms with E-state index in [-0.39, 0.29) is 17.8 Å². The van der Waals surface area contributed by atoms with Crippen molar-refractivity contribution in [3.63, 3.8) is 0 Å². The van der Waals surface area contributed by atoms with Gasteiger partial charge >= 0.3 is 0 Å². The molecular formula is C11H12O3. The molecular weight excluding hydrogens is 180 g/mol. The van der Waals surface area contributed by atoms with Crippen LogP contribution in [0.15, 0.2) is 12.2 Å². The number of allylic oxidation sites excluding steroid dienone is 2. The molecule has 0 amide bonds. The van der Waals surface area contributed by atoms with Crippen molar-refractivity contribution < 1.29 is 14.3 Å². The highest BCUT2D eigenvalue weighted by atomic mass is 16.7. The van der Waals surface area contributed by atoms with Gasteiger partial charge in [0.05, 0.1) is 12.7 Å². The molecule has 0 aromatic rings. The summed E-state index contributed by atoms with van der Waals surface area (Å²) in [6, 6.07) is 0.